The third kappa shape index (κ3) is 6.03. The molecule has 3 rings (SSSR count). The molecule has 0 aliphatic rings. The van der Waals surface area contributed by atoms with E-state index in [1.165, 1.54) is 9.70 Å². The lowest BCUT2D eigenvalue weighted by molar-refractivity contribution is -0.143. The van der Waals surface area contributed by atoms with E-state index in [-0.39, 0.29) is 24.9 Å². The van der Waals surface area contributed by atoms with Gasteiger partial charge in [-0.3, -0.25) is 9.59 Å². The molecule has 0 saturated heterocycles. The van der Waals surface area contributed by atoms with Crippen molar-refractivity contribution in [3.05, 3.63) is 54.0 Å². The van der Waals surface area contributed by atoms with Gasteiger partial charge in [-0.15, -0.1) is 10.2 Å². The highest BCUT2D eigenvalue weighted by Gasteiger charge is 2.31. The van der Waals surface area contributed by atoms with Crippen LogP contribution in [0.5, 0.6) is 0 Å². The molecule has 0 bridgehead atoms. The molecule has 9 nitrogen and oxygen atoms in total. The van der Waals surface area contributed by atoms with Gasteiger partial charge in [0.25, 0.3) is 0 Å². The third-order valence-corrected chi connectivity index (χ3v) is 4.83. The van der Waals surface area contributed by atoms with E-state index in [2.05, 4.69) is 20.7 Å². The molecule has 0 saturated carbocycles. The molecule has 2 aromatic heterocycles. The monoisotopic (exact) mass is 438 g/mol. The highest BCUT2D eigenvalue weighted by atomic mass is 16.3. The van der Waals surface area contributed by atoms with Crippen molar-refractivity contribution in [2.45, 2.75) is 65.7 Å². The number of hydrogen-bond donors (Lipinski definition) is 1. The minimum Gasteiger partial charge on any atom is -0.467 e. The zero-order chi connectivity index (χ0) is 23.3. The highest BCUT2D eigenvalue weighted by molar-refractivity contribution is 5.87. The number of furan rings is 1. The summed E-state index contributed by atoms with van der Waals surface area (Å²) in [5.74, 6) is 0.511. The average Bonchev–Trinajstić information content (AvgIpc) is 3.39. The van der Waals surface area contributed by atoms with Crippen molar-refractivity contribution in [1.29, 1.82) is 0 Å². The fraction of sp³-hybridized carbons (Fsp3) is 0.435. The second kappa shape index (κ2) is 9.76. The van der Waals surface area contributed by atoms with Crippen molar-refractivity contribution in [2.75, 3.05) is 0 Å². The maximum Gasteiger partial charge on any atom is 0.247 e. The molecule has 0 aliphatic carbocycles. The maximum absolute atomic E-state index is 13.3. The van der Waals surface area contributed by atoms with Crippen molar-refractivity contribution in [1.82, 2.24) is 30.4 Å². The van der Waals surface area contributed by atoms with E-state index >= 15 is 0 Å². The van der Waals surface area contributed by atoms with Crippen LogP contribution in [0.2, 0.25) is 0 Å². The van der Waals surface area contributed by atoms with Gasteiger partial charge in [0.15, 0.2) is 0 Å². The van der Waals surface area contributed by atoms with Gasteiger partial charge in [0.2, 0.25) is 17.6 Å². The van der Waals surface area contributed by atoms with E-state index < -0.39 is 11.6 Å². The van der Waals surface area contributed by atoms with Crippen LogP contribution in [0.25, 0.3) is 11.4 Å². The van der Waals surface area contributed by atoms with Crippen LogP contribution in [0, 0.1) is 6.92 Å². The molecular weight excluding hydrogens is 408 g/mol. The Bertz CT molecular complexity index is 1030. The third-order valence-electron chi connectivity index (χ3n) is 4.83. The average molecular weight is 439 g/mol. The predicted molar refractivity (Wildman–Crippen MR) is 119 cm³/mol. The molecule has 1 N–H and O–H groups in total. The van der Waals surface area contributed by atoms with Gasteiger partial charge in [-0.1, -0.05) is 36.8 Å². The van der Waals surface area contributed by atoms with Gasteiger partial charge >= 0.3 is 0 Å². The minimum atomic E-state index is -0.660. The van der Waals surface area contributed by atoms with Crippen LogP contribution in [-0.4, -0.2) is 48.5 Å². The Labute approximate surface area is 187 Å². The number of carbonyl (C=O) groups is 2. The van der Waals surface area contributed by atoms with E-state index in [1.54, 1.807) is 18.4 Å². The van der Waals surface area contributed by atoms with Gasteiger partial charge in [0.1, 0.15) is 18.3 Å². The first kappa shape index (κ1) is 23.2. The molecule has 2 amide bonds. The summed E-state index contributed by atoms with van der Waals surface area (Å²) in [7, 11) is 0. The van der Waals surface area contributed by atoms with Gasteiger partial charge in [-0.25, -0.2) is 0 Å². The maximum atomic E-state index is 13.3. The Morgan fingerprint density at radius 2 is 1.91 bits per heavy atom. The second-order valence-corrected chi connectivity index (χ2v) is 8.77. The lowest BCUT2D eigenvalue weighted by atomic mass is 10.1. The molecule has 0 spiro atoms. The predicted octanol–water partition coefficient (Wildman–Crippen LogP) is 2.96. The summed E-state index contributed by atoms with van der Waals surface area (Å²) in [5, 5.41) is 15.4. The molecule has 0 radical (unpaired) electrons. The summed E-state index contributed by atoms with van der Waals surface area (Å²) >= 11 is 0. The number of aromatic nitrogens is 4. The van der Waals surface area contributed by atoms with Gasteiger partial charge in [0, 0.05) is 11.1 Å². The molecular formula is C23H30N6O3. The van der Waals surface area contributed by atoms with E-state index in [0.717, 1.165) is 11.1 Å². The first-order valence-corrected chi connectivity index (χ1v) is 10.6. The van der Waals surface area contributed by atoms with Crippen LogP contribution in [0.15, 0.2) is 47.1 Å². The van der Waals surface area contributed by atoms with Crippen LogP contribution >= 0.6 is 0 Å². The van der Waals surface area contributed by atoms with Crippen LogP contribution in [0.3, 0.4) is 0 Å². The minimum absolute atomic E-state index is 0.140. The number of nitrogens with one attached hydrogen (secondary N) is 1. The lowest BCUT2D eigenvalue weighted by Crippen LogP contribution is -2.54. The summed E-state index contributed by atoms with van der Waals surface area (Å²) in [6.07, 6.45) is 1.99. The molecule has 1 aromatic carbocycles. The number of rotatable bonds is 8. The van der Waals surface area contributed by atoms with Gasteiger partial charge in [-0.05, 0) is 51.5 Å². The van der Waals surface area contributed by atoms with Crippen molar-refractivity contribution < 1.29 is 14.0 Å². The number of aryl methyl sites for hydroxylation is 1. The smallest absolute Gasteiger partial charge is 0.247 e. The highest BCUT2D eigenvalue weighted by Crippen LogP contribution is 2.16. The summed E-state index contributed by atoms with van der Waals surface area (Å²) in [4.78, 5) is 29.0. The van der Waals surface area contributed by atoms with Crippen molar-refractivity contribution in [3.63, 3.8) is 0 Å². The molecule has 170 valence electrons. The number of tetrazole rings is 1. The Balaban J connectivity index is 1.80. The molecule has 3 aromatic rings. The zero-order valence-electron chi connectivity index (χ0n) is 19.2. The van der Waals surface area contributed by atoms with Crippen molar-refractivity contribution in [2.24, 2.45) is 0 Å². The largest absolute Gasteiger partial charge is 0.467 e. The zero-order valence-corrected chi connectivity index (χ0v) is 19.2. The summed E-state index contributed by atoms with van der Waals surface area (Å²) in [6, 6.07) is 10.6. The molecule has 2 heterocycles. The Morgan fingerprint density at radius 1 is 1.19 bits per heavy atom. The second-order valence-electron chi connectivity index (χ2n) is 8.77. The number of amides is 2. The lowest BCUT2D eigenvalue weighted by Gasteiger charge is -2.32. The van der Waals surface area contributed by atoms with Crippen LogP contribution in [0.4, 0.5) is 0 Å². The van der Waals surface area contributed by atoms with Crippen molar-refractivity contribution >= 4 is 11.8 Å². The Kier molecular flexibility index (Phi) is 7.07. The van der Waals surface area contributed by atoms with Crippen LogP contribution in [0.1, 0.15) is 45.4 Å². The van der Waals surface area contributed by atoms with Crippen LogP contribution in [-0.2, 0) is 22.7 Å². The van der Waals surface area contributed by atoms with E-state index in [4.69, 9.17) is 4.42 Å². The molecule has 0 fully saturated rings. The summed E-state index contributed by atoms with van der Waals surface area (Å²) < 4.78 is 5.44. The molecule has 1 unspecified atom stereocenters. The first-order valence-electron chi connectivity index (χ1n) is 10.6. The molecule has 0 aliphatic heterocycles. The summed E-state index contributed by atoms with van der Waals surface area (Å²) in [6.45, 7) is 9.62. The molecule has 9 heteroatoms. The number of carbonyl (C=O) groups excluding carboxylic acids is 2. The fourth-order valence-electron chi connectivity index (χ4n) is 3.28. The number of hydrogen-bond acceptors (Lipinski definition) is 6. The Hall–Kier alpha value is -3.49. The number of nitrogens with zero attached hydrogens (tertiary/aromatic N) is 5. The van der Waals surface area contributed by atoms with E-state index in [1.807, 2.05) is 58.9 Å². The van der Waals surface area contributed by atoms with Crippen LogP contribution < -0.4 is 5.32 Å². The Morgan fingerprint density at radius 3 is 2.50 bits per heavy atom. The molecule has 1 atom stereocenters. The quantitative estimate of drug-likeness (QED) is 0.580. The first-order chi connectivity index (χ1) is 15.2. The van der Waals surface area contributed by atoms with E-state index in [9.17, 15) is 9.59 Å². The normalized spacial score (nSPS) is 12.4. The van der Waals surface area contributed by atoms with Gasteiger partial charge < -0.3 is 14.6 Å². The fourth-order valence-corrected chi connectivity index (χ4v) is 3.28. The van der Waals surface area contributed by atoms with E-state index in [0.29, 0.717) is 18.0 Å². The standard InChI is InChI=1S/C23H30N6O3/c1-6-19(22(31)24-23(3,4)5)28(14-18-8-7-13-32-18)20(30)15-29-26-21(25-27-29)17-11-9-16(2)10-12-17/h7-13,19H,6,14-15H2,1-5H3,(H,24,31). The molecule has 32 heavy (non-hydrogen) atoms. The summed E-state index contributed by atoms with van der Waals surface area (Å²) in [5.41, 5.74) is 1.53. The van der Waals surface area contributed by atoms with Crippen molar-refractivity contribution in [3.8, 4) is 11.4 Å². The van der Waals surface area contributed by atoms with Gasteiger partial charge in [-0.2, -0.15) is 4.80 Å². The van der Waals surface area contributed by atoms with Gasteiger partial charge in [0.05, 0.1) is 12.8 Å². The SMILES string of the molecule is CCC(C(=O)NC(C)(C)C)N(Cc1ccco1)C(=O)Cn1nnc(-c2ccc(C)cc2)n1. The topological polar surface area (TPSA) is 106 Å². The number of benzene rings is 1.